The van der Waals surface area contributed by atoms with Crippen LogP contribution in [0.25, 0.3) is 0 Å². The molecule has 3 heteroatoms. The largest absolute Gasteiger partial charge is 0.457 e. The van der Waals surface area contributed by atoms with Crippen LogP contribution in [0.5, 0.6) is 0 Å². The van der Waals surface area contributed by atoms with Crippen molar-refractivity contribution in [3.05, 3.63) is 23.7 Å². The Balaban J connectivity index is 2.04. The topological polar surface area (TPSA) is 56.2 Å². The molecule has 3 nitrogen and oxygen atoms in total. The summed E-state index contributed by atoms with van der Waals surface area (Å²) >= 11 is 0. The van der Waals surface area contributed by atoms with Crippen molar-refractivity contribution >= 4 is 5.78 Å². The van der Waals surface area contributed by atoms with Crippen molar-refractivity contribution in [3.8, 4) is 0 Å². The van der Waals surface area contributed by atoms with Crippen molar-refractivity contribution in [2.45, 2.75) is 71.3 Å². The number of furan rings is 1. The normalized spacial score (nSPS) is 10.8. The van der Waals surface area contributed by atoms with Crippen molar-refractivity contribution < 1.29 is 9.21 Å². The Labute approximate surface area is 116 Å². The molecule has 108 valence electrons. The quantitative estimate of drug-likeness (QED) is 0.475. The van der Waals surface area contributed by atoms with E-state index < -0.39 is 0 Å². The van der Waals surface area contributed by atoms with Gasteiger partial charge in [0.1, 0.15) is 5.76 Å². The maximum Gasteiger partial charge on any atom is 0.197 e. The van der Waals surface area contributed by atoms with Gasteiger partial charge in [0.15, 0.2) is 11.5 Å². The van der Waals surface area contributed by atoms with E-state index in [9.17, 15) is 4.79 Å². The molecule has 0 fully saturated rings. The molecular formula is C16H27NO2. The Morgan fingerprint density at radius 3 is 2.26 bits per heavy atom. The second-order valence-corrected chi connectivity index (χ2v) is 5.12. The number of hydrogen-bond acceptors (Lipinski definition) is 3. The zero-order chi connectivity index (χ0) is 13.9. The fraction of sp³-hybridized carbons (Fsp3) is 0.688. The third-order valence-electron chi connectivity index (χ3n) is 3.40. The molecule has 0 spiro atoms. The summed E-state index contributed by atoms with van der Waals surface area (Å²) in [5.41, 5.74) is 5.45. The Kier molecular flexibility index (Phi) is 8.23. The Morgan fingerprint density at radius 1 is 1.05 bits per heavy atom. The van der Waals surface area contributed by atoms with Crippen molar-refractivity contribution in [1.29, 1.82) is 0 Å². The highest BCUT2D eigenvalue weighted by Gasteiger charge is 2.10. The summed E-state index contributed by atoms with van der Waals surface area (Å²) in [5, 5.41) is 0. The van der Waals surface area contributed by atoms with E-state index in [4.69, 9.17) is 10.2 Å². The molecule has 0 aliphatic carbocycles. The van der Waals surface area contributed by atoms with E-state index in [0.29, 0.717) is 24.5 Å². The number of nitrogens with two attached hydrogens (primary N) is 1. The summed E-state index contributed by atoms with van der Waals surface area (Å²) in [4.78, 5) is 11.8. The maximum absolute atomic E-state index is 11.8. The van der Waals surface area contributed by atoms with Gasteiger partial charge in [-0.25, -0.2) is 0 Å². The predicted octanol–water partition coefficient (Wildman–Crippen LogP) is 4.45. The van der Waals surface area contributed by atoms with Crippen LogP contribution >= 0.6 is 0 Å². The van der Waals surface area contributed by atoms with Crippen LogP contribution in [0.15, 0.2) is 16.5 Å². The number of ketones is 1. The molecule has 0 bridgehead atoms. The molecule has 1 aromatic rings. The summed E-state index contributed by atoms with van der Waals surface area (Å²) in [7, 11) is 0. The molecule has 0 aliphatic heterocycles. The SMILES string of the molecule is CCCCCCCCCCC(=O)c1ccc(CN)o1. The molecule has 0 radical (unpaired) electrons. The number of rotatable bonds is 11. The van der Waals surface area contributed by atoms with Crippen molar-refractivity contribution in [1.82, 2.24) is 0 Å². The molecule has 19 heavy (non-hydrogen) atoms. The Morgan fingerprint density at radius 2 is 1.68 bits per heavy atom. The molecule has 0 atom stereocenters. The number of hydrogen-bond donors (Lipinski definition) is 1. The van der Waals surface area contributed by atoms with Crippen molar-refractivity contribution in [3.63, 3.8) is 0 Å². The van der Waals surface area contributed by atoms with Gasteiger partial charge in [-0.3, -0.25) is 4.79 Å². The van der Waals surface area contributed by atoms with Crippen LogP contribution in [0, 0.1) is 0 Å². The van der Waals surface area contributed by atoms with E-state index >= 15 is 0 Å². The summed E-state index contributed by atoms with van der Waals surface area (Å²) in [5.74, 6) is 1.24. The minimum Gasteiger partial charge on any atom is -0.457 e. The highest BCUT2D eigenvalue weighted by Crippen LogP contribution is 2.14. The van der Waals surface area contributed by atoms with Gasteiger partial charge >= 0.3 is 0 Å². The zero-order valence-corrected chi connectivity index (χ0v) is 12.1. The number of Topliss-reactive ketones (excluding diaryl/α,β-unsaturated/α-hetero) is 1. The van der Waals surface area contributed by atoms with E-state index in [1.165, 1.54) is 38.5 Å². The maximum atomic E-state index is 11.8. The standard InChI is InChI=1S/C16H27NO2/c1-2-3-4-5-6-7-8-9-10-15(18)16-12-11-14(13-17)19-16/h11-12H,2-10,13,17H2,1H3. The van der Waals surface area contributed by atoms with E-state index in [2.05, 4.69) is 6.92 Å². The molecular weight excluding hydrogens is 238 g/mol. The fourth-order valence-electron chi connectivity index (χ4n) is 2.18. The molecule has 1 heterocycles. The predicted molar refractivity (Wildman–Crippen MR) is 78.2 cm³/mol. The molecule has 0 aliphatic rings. The molecule has 2 N–H and O–H groups in total. The number of carbonyl (C=O) groups is 1. The monoisotopic (exact) mass is 265 g/mol. The van der Waals surface area contributed by atoms with Gasteiger partial charge in [0.2, 0.25) is 0 Å². The third-order valence-corrected chi connectivity index (χ3v) is 3.40. The summed E-state index contributed by atoms with van der Waals surface area (Å²) in [6.07, 6.45) is 10.6. The van der Waals surface area contributed by atoms with Gasteiger partial charge in [0.25, 0.3) is 0 Å². The van der Waals surface area contributed by atoms with Crippen LogP contribution in [0.1, 0.15) is 81.0 Å². The molecule has 0 aromatic carbocycles. The van der Waals surface area contributed by atoms with Crippen LogP contribution in [-0.2, 0) is 6.54 Å². The first-order chi connectivity index (χ1) is 9.27. The smallest absolute Gasteiger partial charge is 0.197 e. The van der Waals surface area contributed by atoms with Gasteiger partial charge < -0.3 is 10.2 Å². The lowest BCUT2D eigenvalue weighted by Crippen LogP contribution is -1.98. The zero-order valence-electron chi connectivity index (χ0n) is 12.1. The number of carbonyl (C=O) groups excluding carboxylic acids is 1. The Bertz CT molecular complexity index is 357. The van der Waals surface area contributed by atoms with Gasteiger partial charge in [-0.15, -0.1) is 0 Å². The Hall–Kier alpha value is -1.09. The van der Waals surface area contributed by atoms with Crippen LogP contribution < -0.4 is 5.73 Å². The van der Waals surface area contributed by atoms with E-state index in [1.807, 2.05) is 0 Å². The van der Waals surface area contributed by atoms with Crippen LogP contribution in [0.2, 0.25) is 0 Å². The minimum atomic E-state index is 0.102. The van der Waals surface area contributed by atoms with Gasteiger partial charge in [0, 0.05) is 6.42 Å². The van der Waals surface area contributed by atoms with Gasteiger partial charge in [0.05, 0.1) is 6.54 Å². The van der Waals surface area contributed by atoms with Crippen LogP contribution in [-0.4, -0.2) is 5.78 Å². The highest BCUT2D eigenvalue weighted by molar-refractivity contribution is 5.93. The molecule has 0 amide bonds. The lowest BCUT2D eigenvalue weighted by molar-refractivity contribution is 0.0950. The van der Waals surface area contributed by atoms with Crippen LogP contribution in [0.4, 0.5) is 0 Å². The molecule has 0 saturated heterocycles. The van der Waals surface area contributed by atoms with E-state index in [-0.39, 0.29) is 5.78 Å². The average Bonchev–Trinajstić information content (AvgIpc) is 2.90. The minimum absolute atomic E-state index is 0.102. The summed E-state index contributed by atoms with van der Waals surface area (Å²) in [6, 6.07) is 3.51. The van der Waals surface area contributed by atoms with Gasteiger partial charge in [-0.05, 0) is 18.6 Å². The van der Waals surface area contributed by atoms with E-state index in [0.717, 1.165) is 12.8 Å². The first-order valence-corrected chi connectivity index (χ1v) is 7.60. The fourth-order valence-corrected chi connectivity index (χ4v) is 2.18. The second-order valence-electron chi connectivity index (χ2n) is 5.12. The molecule has 0 unspecified atom stereocenters. The third kappa shape index (κ3) is 6.58. The van der Waals surface area contributed by atoms with Gasteiger partial charge in [-0.1, -0.05) is 51.9 Å². The molecule has 1 rings (SSSR count). The summed E-state index contributed by atoms with van der Waals surface area (Å²) < 4.78 is 5.34. The lowest BCUT2D eigenvalue weighted by Gasteiger charge is -2.01. The highest BCUT2D eigenvalue weighted by atomic mass is 16.3. The summed E-state index contributed by atoms with van der Waals surface area (Å²) in [6.45, 7) is 2.58. The first-order valence-electron chi connectivity index (χ1n) is 7.60. The second kappa shape index (κ2) is 9.79. The van der Waals surface area contributed by atoms with E-state index in [1.54, 1.807) is 12.1 Å². The van der Waals surface area contributed by atoms with Crippen molar-refractivity contribution in [2.24, 2.45) is 5.73 Å². The lowest BCUT2D eigenvalue weighted by atomic mass is 10.1. The first kappa shape index (κ1) is 16.0. The van der Waals surface area contributed by atoms with Crippen molar-refractivity contribution in [2.75, 3.05) is 0 Å². The van der Waals surface area contributed by atoms with Gasteiger partial charge in [-0.2, -0.15) is 0 Å². The molecule has 1 aromatic heterocycles. The average molecular weight is 265 g/mol. The number of unbranched alkanes of at least 4 members (excludes halogenated alkanes) is 7. The van der Waals surface area contributed by atoms with Crippen LogP contribution in [0.3, 0.4) is 0 Å². The molecule has 0 saturated carbocycles.